The Bertz CT molecular complexity index is 996. The first-order valence-electron chi connectivity index (χ1n) is 6.90. The van der Waals surface area contributed by atoms with E-state index in [1.54, 1.807) is 6.20 Å². The van der Waals surface area contributed by atoms with Gasteiger partial charge >= 0.3 is 0 Å². The minimum Gasteiger partial charge on any atom is -0.396 e. The minimum atomic E-state index is 0.476. The fourth-order valence-electron chi connectivity index (χ4n) is 2.53. The molecular formula is C17H13N5. The summed E-state index contributed by atoms with van der Waals surface area (Å²) in [4.78, 5) is 13.4. The Kier molecular flexibility index (Phi) is 2.66. The number of aromatic nitrogens is 3. The molecule has 4 N–H and O–H groups in total. The number of pyridine rings is 3. The summed E-state index contributed by atoms with van der Waals surface area (Å²) in [6.45, 7) is 0. The molecule has 0 unspecified atom stereocenters. The third-order valence-corrected chi connectivity index (χ3v) is 3.67. The number of nitrogens with zero attached hydrogens (tertiary/aromatic N) is 3. The van der Waals surface area contributed by atoms with Crippen LogP contribution in [0.1, 0.15) is 0 Å². The molecule has 0 aliphatic heterocycles. The Balaban J connectivity index is 2.08. The van der Waals surface area contributed by atoms with Crippen LogP contribution in [0.2, 0.25) is 0 Å². The molecule has 0 saturated carbocycles. The van der Waals surface area contributed by atoms with E-state index in [1.807, 2.05) is 48.5 Å². The molecular weight excluding hydrogens is 274 g/mol. The molecule has 0 atom stereocenters. The third-order valence-electron chi connectivity index (χ3n) is 3.67. The summed E-state index contributed by atoms with van der Waals surface area (Å²) < 4.78 is 0. The molecule has 0 radical (unpaired) electrons. The first kappa shape index (κ1) is 12.5. The van der Waals surface area contributed by atoms with E-state index < -0.39 is 0 Å². The minimum absolute atomic E-state index is 0.476. The Hall–Kier alpha value is -3.21. The summed E-state index contributed by atoms with van der Waals surface area (Å²) in [5, 5.41) is 1.66. The van der Waals surface area contributed by atoms with Crippen LogP contribution in [0.4, 0.5) is 11.4 Å². The fraction of sp³-hybridized carbons (Fsp3) is 0. The van der Waals surface area contributed by atoms with Crippen molar-refractivity contribution in [3.63, 3.8) is 0 Å². The molecule has 22 heavy (non-hydrogen) atoms. The quantitative estimate of drug-likeness (QED) is 0.525. The van der Waals surface area contributed by atoms with E-state index in [0.29, 0.717) is 28.4 Å². The molecule has 0 fully saturated rings. The Labute approximate surface area is 126 Å². The summed E-state index contributed by atoms with van der Waals surface area (Å²) in [6, 6.07) is 15.4. The van der Waals surface area contributed by atoms with Gasteiger partial charge in [-0.3, -0.25) is 0 Å². The maximum absolute atomic E-state index is 6.22. The number of hydrogen-bond acceptors (Lipinski definition) is 5. The van der Waals surface area contributed by atoms with Gasteiger partial charge in [-0.05, 0) is 18.2 Å². The second-order valence-electron chi connectivity index (χ2n) is 5.06. The first-order valence-corrected chi connectivity index (χ1v) is 6.90. The van der Waals surface area contributed by atoms with Crippen molar-refractivity contribution in [3.05, 3.63) is 54.7 Å². The average molecular weight is 287 g/mol. The number of nitrogens with two attached hydrogens (primary N) is 2. The Morgan fingerprint density at radius 2 is 1.59 bits per heavy atom. The molecule has 3 heterocycles. The van der Waals surface area contributed by atoms with Crippen LogP contribution in [0.15, 0.2) is 54.7 Å². The van der Waals surface area contributed by atoms with Gasteiger partial charge < -0.3 is 11.5 Å². The molecule has 0 aliphatic rings. The molecule has 5 heteroatoms. The highest BCUT2D eigenvalue weighted by molar-refractivity contribution is 6.03. The highest BCUT2D eigenvalue weighted by Crippen LogP contribution is 2.34. The van der Waals surface area contributed by atoms with Gasteiger partial charge in [0, 0.05) is 22.5 Å². The van der Waals surface area contributed by atoms with Crippen molar-refractivity contribution in [2.24, 2.45) is 0 Å². The maximum Gasteiger partial charge on any atom is 0.164 e. The summed E-state index contributed by atoms with van der Waals surface area (Å²) in [7, 11) is 0. The van der Waals surface area contributed by atoms with Crippen LogP contribution < -0.4 is 11.5 Å². The summed E-state index contributed by atoms with van der Waals surface area (Å²) in [5.74, 6) is 0. The van der Waals surface area contributed by atoms with Gasteiger partial charge in [0.15, 0.2) is 11.3 Å². The van der Waals surface area contributed by atoms with E-state index in [-0.39, 0.29) is 0 Å². The van der Waals surface area contributed by atoms with E-state index >= 15 is 0 Å². The van der Waals surface area contributed by atoms with Crippen LogP contribution in [0, 0.1) is 0 Å². The van der Waals surface area contributed by atoms with Crippen molar-refractivity contribution in [1.29, 1.82) is 0 Å². The standard InChI is InChI=1S/C17H13N5/c18-13-12-9-11-7-4-8-20-16(11)22-17(12)21-15(14(13)19)10-5-2-1-3-6-10/h1-9H,19H2,(H2,18,20,21,22). The van der Waals surface area contributed by atoms with E-state index in [0.717, 1.165) is 16.3 Å². The maximum atomic E-state index is 6.22. The highest BCUT2D eigenvalue weighted by Gasteiger charge is 2.13. The molecule has 0 aliphatic carbocycles. The van der Waals surface area contributed by atoms with Gasteiger partial charge in [0.2, 0.25) is 0 Å². The fourth-order valence-corrected chi connectivity index (χ4v) is 2.53. The van der Waals surface area contributed by atoms with Crippen molar-refractivity contribution in [2.75, 3.05) is 11.5 Å². The van der Waals surface area contributed by atoms with Gasteiger partial charge in [-0.25, -0.2) is 15.0 Å². The molecule has 0 saturated heterocycles. The van der Waals surface area contributed by atoms with Gasteiger partial charge in [-0.1, -0.05) is 30.3 Å². The summed E-state index contributed by atoms with van der Waals surface area (Å²) >= 11 is 0. The molecule has 0 bridgehead atoms. The molecule has 0 spiro atoms. The number of rotatable bonds is 1. The van der Waals surface area contributed by atoms with Gasteiger partial charge in [0.05, 0.1) is 17.1 Å². The van der Waals surface area contributed by atoms with Crippen molar-refractivity contribution in [2.45, 2.75) is 0 Å². The van der Waals surface area contributed by atoms with Gasteiger partial charge in [0.25, 0.3) is 0 Å². The molecule has 0 amide bonds. The molecule has 5 nitrogen and oxygen atoms in total. The van der Waals surface area contributed by atoms with E-state index in [2.05, 4.69) is 15.0 Å². The second kappa shape index (κ2) is 4.66. The molecule has 4 rings (SSSR count). The Morgan fingerprint density at radius 1 is 0.773 bits per heavy atom. The topological polar surface area (TPSA) is 90.7 Å². The predicted molar refractivity (Wildman–Crippen MR) is 89.1 cm³/mol. The van der Waals surface area contributed by atoms with Crippen LogP contribution in [0.3, 0.4) is 0 Å². The molecule has 106 valence electrons. The first-order chi connectivity index (χ1) is 10.7. The van der Waals surface area contributed by atoms with E-state index in [1.165, 1.54) is 0 Å². The molecule has 3 aromatic heterocycles. The zero-order valence-electron chi connectivity index (χ0n) is 11.7. The van der Waals surface area contributed by atoms with Crippen molar-refractivity contribution in [1.82, 2.24) is 15.0 Å². The smallest absolute Gasteiger partial charge is 0.164 e. The van der Waals surface area contributed by atoms with Crippen molar-refractivity contribution >= 4 is 33.4 Å². The van der Waals surface area contributed by atoms with Crippen molar-refractivity contribution < 1.29 is 0 Å². The lowest BCUT2D eigenvalue weighted by Gasteiger charge is -2.11. The monoisotopic (exact) mass is 287 g/mol. The van der Waals surface area contributed by atoms with E-state index in [9.17, 15) is 0 Å². The van der Waals surface area contributed by atoms with Crippen LogP contribution in [-0.4, -0.2) is 15.0 Å². The van der Waals surface area contributed by atoms with Gasteiger partial charge in [-0.15, -0.1) is 0 Å². The number of nitrogen functional groups attached to an aromatic ring is 2. The zero-order chi connectivity index (χ0) is 15.1. The lowest BCUT2D eigenvalue weighted by atomic mass is 10.1. The summed E-state index contributed by atoms with van der Waals surface area (Å²) in [6.07, 6.45) is 1.71. The second-order valence-corrected chi connectivity index (χ2v) is 5.06. The summed E-state index contributed by atoms with van der Waals surface area (Å²) in [5.41, 5.74) is 16.2. The normalized spacial score (nSPS) is 11.1. The molecule has 1 aromatic carbocycles. The average Bonchev–Trinajstić information content (AvgIpc) is 2.57. The van der Waals surface area contributed by atoms with E-state index in [4.69, 9.17) is 11.5 Å². The largest absolute Gasteiger partial charge is 0.396 e. The van der Waals surface area contributed by atoms with Crippen molar-refractivity contribution in [3.8, 4) is 11.3 Å². The Morgan fingerprint density at radius 3 is 2.41 bits per heavy atom. The van der Waals surface area contributed by atoms with Crippen LogP contribution in [0.5, 0.6) is 0 Å². The van der Waals surface area contributed by atoms with Crippen LogP contribution in [0.25, 0.3) is 33.3 Å². The van der Waals surface area contributed by atoms with Gasteiger partial charge in [0.1, 0.15) is 0 Å². The number of anilines is 2. The number of hydrogen-bond donors (Lipinski definition) is 2. The number of benzene rings is 1. The third kappa shape index (κ3) is 1.83. The zero-order valence-corrected chi connectivity index (χ0v) is 11.7. The van der Waals surface area contributed by atoms with Gasteiger partial charge in [-0.2, -0.15) is 0 Å². The highest BCUT2D eigenvalue weighted by atomic mass is 14.9. The van der Waals surface area contributed by atoms with Crippen LogP contribution >= 0.6 is 0 Å². The lowest BCUT2D eigenvalue weighted by molar-refractivity contribution is 1.27. The predicted octanol–water partition coefficient (Wildman–Crippen LogP) is 3.01. The molecule has 4 aromatic rings. The SMILES string of the molecule is Nc1c(-c2ccccc2)nc2nc3ncccc3cc2c1N. The van der Waals surface area contributed by atoms with Crippen LogP contribution in [-0.2, 0) is 0 Å². The lowest BCUT2D eigenvalue weighted by Crippen LogP contribution is -2.02. The number of fused-ring (bicyclic) bond motifs is 2.